The first-order valence-electron chi connectivity index (χ1n) is 6.26. The lowest BCUT2D eigenvalue weighted by Crippen LogP contribution is -2.01. The molecule has 0 unspecified atom stereocenters. The molecular formula is C15H12N2O4. The van der Waals surface area contributed by atoms with Crippen LogP contribution < -0.4 is 0 Å². The first kappa shape index (κ1) is 13.0. The number of nitrogens with zero attached hydrogens (tertiary/aromatic N) is 1. The van der Waals surface area contributed by atoms with Gasteiger partial charge in [-0.25, -0.2) is 4.98 Å². The zero-order valence-corrected chi connectivity index (χ0v) is 10.9. The monoisotopic (exact) mass is 284 g/mol. The molecule has 0 spiro atoms. The van der Waals surface area contributed by atoms with Crippen molar-refractivity contribution >= 4 is 17.0 Å². The zero-order chi connectivity index (χ0) is 15.0. The van der Waals surface area contributed by atoms with E-state index in [1.54, 1.807) is 0 Å². The van der Waals surface area contributed by atoms with E-state index in [1.165, 1.54) is 12.1 Å². The zero-order valence-electron chi connectivity index (χ0n) is 10.9. The Morgan fingerprint density at radius 1 is 1.19 bits per heavy atom. The largest absolute Gasteiger partial charge is 0.508 e. The van der Waals surface area contributed by atoms with Gasteiger partial charge in [0.1, 0.15) is 17.3 Å². The predicted octanol–water partition coefficient (Wildman–Crippen LogP) is 2.27. The minimum Gasteiger partial charge on any atom is -0.508 e. The lowest BCUT2D eigenvalue weighted by Gasteiger charge is -2.07. The number of rotatable bonds is 3. The van der Waals surface area contributed by atoms with Crippen molar-refractivity contribution in [2.24, 2.45) is 0 Å². The Balaban J connectivity index is 2.17. The number of phenolic OH excluding ortho intramolecular Hbond substituents is 2. The normalized spacial score (nSPS) is 10.9. The molecule has 0 aliphatic rings. The Hall–Kier alpha value is -3.02. The predicted molar refractivity (Wildman–Crippen MR) is 76.2 cm³/mol. The number of imidazole rings is 1. The molecule has 0 amide bonds. The topological polar surface area (TPSA) is 106 Å². The Kier molecular flexibility index (Phi) is 2.98. The standard InChI is InChI=1S/C15H12N2O4/c18-9-5-8(6-13(19)20)14(21)10(7-9)15-16-11-3-1-2-4-12(11)17-15/h1-5,7,18,21H,6H2,(H,16,17)(H,19,20). The number of carboxylic acids is 1. The van der Waals surface area contributed by atoms with Crippen LogP contribution in [0.3, 0.4) is 0 Å². The number of aromatic amines is 1. The average Bonchev–Trinajstić information content (AvgIpc) is 2.85. The van der Waals surface area contributed by atoms with Crippen molar-refractivity contribution in [3.05, 3.63) is 42.0 Å². The third-order valence-corrected chi connectivity index (χ3v) is 3.16. The molecule has 0 fully saturated rings. The summed E-state index contributed by atoms with van der Waals surface area (Å²) in [7, 11) is 0. The quantitative estimate of drug-likeness (QED) is 0.552. The van der Waals surface area contributed by atoms with Crippen molar-refractivity contribution < 1.29 is 20.1 Å². The number of fused-ring (bicyclic) bond motifs is 1. The number of phenols is 2. The molecule has 4 N–H and O–H groups in total. The molecule has 1 aromatic heterocycles. The maximum absolute atomic E-state index is 10.8. The Labute approximate surface area is 119 Å². The first-order valence-corrected chi connectivity index (χ1v) is 6.26. The van der Waals surface area contributed by atoms with Gasteiger partial charge in [0.2, 0.25) is 0 Å². The number of H-pyrrole nitrogens is 1. The second kappa shape index (κ2) is 4.82. The molecule has 6 heteroatoms. The summed E-state index contributed by atoms with van der Waals surface area (Å²) >= 11 is 0. The highest BCUT2D eigenvalue weighted by molar-refractivity contribution is 5.82. The Morgan fingerprint density at radius 3 is 2.67 bits per heavy atom. The van der Waals surface area contributed by atoms with Crippen molar-refractivity contribution in [1.29, 1.82) is 0 Å². The first-order chi connectivity index (χ1) is 10.0. The smallest absolute Gasteiger partial charge is 0.307 e. The number of aliphatic carboxylic acids is 1. The fraction of sp³-hybridized carbons (Fsp3) is 0.0667. The number of nitrogens with one attached hydrogen (secondary N) is 1. The number of benzene rings is 2. The van der Waals surface area contributed by atoms with Gasteiger partial charge in [-0.3, -0.25) is 4.79 Å². The molecule has 21 heavy (non-hydrogen) atoms. The Morgan fingerprint density at radius 2 is 1.95 bits per heavy atom. The number of aromatic nitrogens is 2. The number of carboxylic acid groups (broad SMARTS) is 1. The summed E-state index contributed by atoms with van der Waals surface area (Å²) in [4.78, 5) is 18.2. The average molecular weight is 284 g/mol. The van der Waals surface area contributed by atoms with E-state index in [0.717, 1.165) is 11.0 Å². The van der Waals surface area contributed by atoms with Gasteiger partial charge in [-0.2, -0.15) is 0 Å². The van der Waals surface area contributed by atoms with Gasteiger partial charge in [0, 0.05) is 5.56 Å². The number of aromatic hydroxyl groups is 2. The molecule has 3 rings (SSSR count). The van der Waals surface area contributed by atoms with E-state index in [4.69, 9.17) is 5.11 Å². The molecule has 0 aliphatic heterocycles. The van der Waals surface area contributed by atoms with Crippen LogP contribution in [0.2, 0.25) is 0 Å². The van der Waals surface area contributed by atoms with E-state index in [0.29, 0.717) is 5.82 Å². The van der Waals surface area contributed by atoms with Crippen LogP contribution in [0, 0.1) is 0 Å². The summed E-state index contributed by atoms with van der Waals surface area (Å²) in [5, 5.41) is 28.8. The van der Waals surface area contributed by atoms with Gasteiger partial charge in [0.15, 0.2) is 0 Å². The van der Waals surface area contributed by atoms with Crippen molar-refractivity contribution in [2.45, 2.75) is 6.42 Å². The van der Waals surface area contributed by atoms with Crippen LogP contribution in [0.15, 0.2) is 36.4 Å². The minimum atomic E-state index is -1.09. The molecular weight excluding hydrogens is 272 g/mol. The van der Waals surface area contributed by atoms with Gasteiger partial charge >= 0.3 is 5.97 Å². The molecule has 0 atom stereocenters. The fourth-order valence-electron chi connectivity index (χ4n) is 2.24. The van der Waals surface area contributed by atoms with Crippen LogP contribution in [0.25, 0.3) is 22.4 Å². The molecule has 0 saturated carbocycles. The van der Waals surface area contributed by atoms with Gasteiger partial charge in [0.25, 0.3) is 0 Å². The highest BCUT2D eigenvalue weighted by Gasteiger charge is 2.16. The van der Waals surface area contributed by atoms with Crippen molar-refractivity contribution in [3.8, 4) is 22.9 Å². The lowest BCUT2D eigenvalue weighted by atomic mass is 10.0. The van der Waals surface area contributed by atoms with Crippen LogP contribution in [-0.4, -0.2) is 31.3 Å². The van der Waals surface area contributed by atoms with Gasteiger partial charge in [0.05, 0.1) is 23.0 Å². The summed E-state index contributed by atoms with van der Waals surface area (Å²) in [6, 6.07) is 9.92. The van der Waals surface area contributed by atoms with Crippen LogP contribution in [0.1, 0.15) is 5.56 Å². The van der Waals surface area contributed by atoms with E-state index in [9.17, 15) is 15.0 Å². The van der Waals surface area contributed by atoms with Gasteiger partial charge in [-0.1, -0.05) is 12.1 Å². The van der Waals surface area contributed by atoms with Crippen LogP contribution in [0.4, 0.5) is 0 Å². The molecule has 106 valence electrons. The summed E-state index contributed by atoms with van der Waals surface area (Å²) in [5.74, 6) is -1.04. The van der Waals surface area contributed by atoms with E-state index in [2.05, 4.69) is 9.97 Å². The fourth-order valence-corrected chi connectivity index (χ4v) is 2.24. The third kappa shape index (κ3) is 2.38. The molecule has 0 aliphatic carbocycles. The highest BCUT2D eigenvalue weighted by Crippen LogP contribution is 2.35. The number of hydrogen-bond donors (Lipinski definition) is 4. The van der Waals surface area contributed by atoms with Crippen molar-refractivity contribution in [2.75, 3.05) is 0 Å². The number of hydrogen-bond acceptors (Lipinski definition) is 4. The molecule has 6 nitrogen and oxygen atoms in total. The van der Waals surface area contributed by atoms with Gasteiger partial charge in [-0.05, 0) is 24.3 Å². The molecule has 2 aromatic carbocycles. The molecule has 0 bridgehead atoms. The second-order valence-corrected chi connectivity index (χ2v) is 4.67. The number of para-hydroxylation sites is 2. The van der Waals surface area contributed by atoms with Crippen LogP contribution in [0.5, 0.6) is 11.5 Å². The van der Waals surface area contributed by atoms with E-state index in [-0.39, 0.29) is 29.0 Å². The van der Waals surface area contributed by atoms with E-state index < -0.39 is 5.97 Å². The summed E-state index contributed by atoms with van der Waals surface area (Å²) in [5.41, 5.74) is 1.91. The minimum absolute atomic E-state index is 0.125. The SMILES string of the molecule is O=C(O)Cc1cc(O)cc(-c2nc3ccccc3[nH]2)c1O. The summed E-state index contributed by atoms with van der Waals surface area (Å²) < 4.78 is 0. The highest BCUT2D eigenvalue weighted by atomic mass is 16.4. The van der Waals surface area contributed by atoms with Gasteiger partial charge in [-0.15, -0.1) is 0 Å². The van der Waals surface area contributed by atoms with Crippen LogP contribution in [-0.2, 0) is 11.2 Å². The maximum Gasteiger partial charge on any atom is 0.307 e. The second-order valence-electron chi connectivity index (χ2n) is 4.67. The lowest BCUT2D eigenvalue weighted by molar-refractivity contribution is -0.136. The number of carbonyl (C=O) groups is 1. The molecule has 0 radical (unpaired) electrons. The van der Waals surface area contributed by atoms with Crippen LogP contribution >= 0.6 is 0 Å². The molecule has 0 saturated heterocycles. The van der Waals surface area contributed by atoms with Crippen molar-refractivity contribution in [1.82, 2.24) is 9.97 Å². The van der Waals surface area contributed by atoms with Gasteiger partial charge < -0.3 is 20.3 Å². The van der Waals surface area contributed by atoms with E-state index >= 15 is 0 Å². The molecule has 3 aromatic rings. The van der Waals surface area contributed by atoms with Crippen molar-refractivity contribution in [3.63, 3.8) is 0 Å². The Bertz CT molecular complexity index is 806. The third-order valence-electron chi connectivity index (χ3n) is 3.16. The summed E-state index contributed by atoms with van der Waals surface area (Å²) in [6.07, 6.45) is -0.381. The molecule has 1 heterocycles. The van der Waals surface area contributed by atoms with E-state index in [1.807, 2.05) is 24.3 Å². The maximum atomic E-state index is 10.8. The summed E-state index contributed by atoms with van der Waals surface area (Å²) in [6.45, 7) is 0.